The first-order valence-corrected chi connectivity index (χ1v) is 8.19. The van der Waals surface area contributed by atoms with Crippen LogP contribution in [0.25, 0.3) is 0 Å². The Morgan fingerprint density at radius 3 is 2.82 bits per heavy atom. The fourth-order valence-corrected chi connectivity index (χ4v) is 3.74. The molecule has 1 unspecified atom stereocenters. The number of carbonyl (C=O) groups is 1. The van der Waals surface area contributed by atoms with Crippen molar-refractivity contribution < 1.29 is 9.53 Å². The highest BCUT2D eigenvalue weighted by Crippen LogP contribution is 2.35. The van der Waals surface area contributed by atoms with E-state index in [0.29, 0.717) is 13.2 Å². The van der Waals surface area contributed by atoms with Gasteiger partial charge in [-0.15, -0.1) is 0 Å². The van der Waals surface area contributed by atoms with E-state index in [9.17, 15) is 4.79 Å². The van der Waals surface area contributed by atoms with E-state index in [0.717, 1.165) is 30.6 Å². The molecule has 1 atom stereocenters. The Labute approximate surface area is 131 Å². The van der Waals surface area contributed by atoms with Crippen molar-refractivity contribution in [3.63, 3.8) is 0 Å². The lowest BCUT2D eigenvalue weighted by Crippen LogP contribution is -2.55. The third-order valence-corrected chi connectivity index (χ3v) is 4.91. The third-order valence-electron chi connectivity index (χ3n) is 4.91. The van der Waals surface area contributed by atoms with Crippen LogP contribution in [-0.2, 0) is 11.8 Å². The fraction of sp³-hybridized carbons (Fsp3) is 0.750. The van der Waals surface area contributed by atoms with E-state index in [1.54, 1.807) is 4.68 Å². The molecule has 0 radical (unpaired) electrons. The molecule has 2 heterocycles. The predicted molar refractivity (Wildman–Crippen MR) is 83.6 cm³/mol. The summed E-state index contributed by atoms with van der Waals surface area (Å²) in [5.41, 5.74) is 1.95. The molecular weight excluding hydrogens is 280 g/mol. The zero-order valence-electron chi connectivity index (χ0n) is 13.8. The van der Waals surface area contributed by atoms with Crippen molar-refractivity contribution in [1.29, 1.82) is 0 Å². The summed E-state index contributed by atoms with van der Waals surface area (Å²) >= 11 is 0. The van der Waals surface area contributed by atoms with Crippen LogP contribution >= 0.6 is 0 Å². The molecule has 1 saturated heterocycles. The van der Waals surface area contributed by atoms with Crippen molar-refractivity contribution in [2.45, 2.75) is 51.2 Å². The highest BCUT2D eigenvalue weighted by molar-refractivity contribution is 5.75. The number of morpholine rings is 1. The van der Waals surface area contributed by atoms with Crippen molar-refractivity contribution in [2.24, 2.45) is 7.05 Å². The molecule has 1 aromatic heterocycles. The number of ether oxygens (including phenoxy) is 1. The summed E-state index contributed by atoms with van der Waals surface area (Å²) in [5, 5.41) is 7.45. The van der Waals surface area contributed by atoms with Gasteiger partial charge in [0.15, 0.2) is 0 Å². The minimum Gasteiger partial charge on any atom is -0.371 e. The predicted octanol–water partition coefficient (Wildman–Crippen LogP) is 2.14. The molecule has 2 aliphatic rings. The summed E-state index contributed by atoms with van der Waals surface area (Å²) < 4.78 is 7.77. The van der Waals surface area contributed by atoms with E-state index < -0.39 is 0 Å². The summed E-state index contributed by atoms with van der Waals surface area (Å²) in [6.45, 7) is 6.02. The number of urea groups is 1. The average Bonchev–Trinajstić information content (AvgIpc) is 3.05. The minimum absolute atomic E-state index is 0.00493. The van der Waals surface area contributed by atoms with Crippen LogP contribution in [0, 0.1) is 6.92 Å². The molecule has 0 aromatic carbocycles. The molecule has 1 aromatic rings. The van der Waals surface area contributed by atoms with Crippen molar-refractivity contribution in [2.75, 3.05) is 19.7 Å². The highest BCUT2D eigenvalue weighted by Gasteiger charge is 2.40. The van der Waals surface area contributed by atoms with Crippen LogP contribution in [0.4, 0.5) is 4.79 Å². The van der Waals surface area contributed by atoms with Crippen molar-refractivity contribution in [1.82, 2.24) is 20.0 Å². The van der Waals surface area contributed by atoms with Gasteiger partial charge in [-0.3, -0.25) is 4.68 Å². The molecule has 1 saturated carbocycles. The third kappa shape index (κ3) is 2.97. The van der Waals surface area contributed by atoms with Crippen molar-refractivity contribution >= 4 is 6.03 Å². The lowest BCUT2D eigenvalue weighted by atomic mass is 10.00. The van der Waals surface area contributed by atoms with E-state index >= 15 is 0 Å². The Hall–Kier alpha value is -1.56. The first-order chi connectivity index (χ1) is 10.5. The summed E-state index contributed by atoms with van der Waals surface area (Å²) in [5.74, 6) is 0. The summed E-state index contributed by atoms with van der Waals surface area (Å²) in [6, 6.07) is -0.0334. The Morgan fingerprint density at radius 1 is 1.45 bits per heavy atom. The SMILES string of the molecule is Cc1nn(C)cc1C(C)NC(=O)N1CCOC2(CCCC2)C1. The molecular formula is C16H26N4O2. The Morgan fingerprint density at radius 2 is 2.18 bits per heavy atom. The van der Waals surface area contributed by atoms with Crippen LogP contribution in [-0.4, -0.2) is 46.0 Å². The molecule has 3 rings (SSSR count). The molecule has 1 N–H and O–H groups in total. The van der Waals surface area contributed by atoms with E-state index in [4.69, 9.17) is 4.74 Å². The van der Waals surface area contributed by atoms with Gasteiger partial charge in [0, 0.05) is 25.4 Å². The minimum atomic E-state index is -0.0803. The number of aryl methyl sites for hydroxylation is 2. The van der Waals surface area contributed by atoms with Crippen molar-refractivity contribution in [3.05, 3.63) is 17.5 Å². The molecule has 0 bridgehead atoms. The molecule has 1 spiro atoms. The monoisotopic (exact) mass is 306 g/mol. The Balaban J connectivity index is 1.62. The summed E-state index contributed by atoms with van der Waals surface area (Å²) in [7, 11) is 1.90. The van der Waals surface area contributed by atoms with E-state index in [1.807, 2.05) is 32.0 Å². The second kappa shape index (κ2) is 5.91. The van der Waals surface area contributed by atoms with Crippen molar-refractivity contribution in [3.8, 4) is 0 Å². The molecule has 2 fully saturated rings. The van der Waals surface area contributed by atoms with E-state index in [2.05, 4.69) is 10.4 Å². The molecule has 6 nitrogen and oxygen atoms in total. The first kappa shape index (κ1) is 15.3. The van der Waals surface area contributed by atoms with Gasteiger partial charge in [0.1, 0.15) is 0 Å². The fourth-order valence-electron chi connectivity index (χ4n) is 3.74. The molecule has 1 aliphatic heterocycles. The van der Waals surface area contributed by atoms with Crippen LogP contribution in [0.5, 0.6) is 0 Å². The maximum Gasteiger partial charge on any atom is 0.318 e. The van der Waals surface area contributed by atoms with Crippen LogP contribution in [0.1, 0.15) is 49.9 Å². The number of aromatic nitrogens is 2. The van der Waals surface area contributed by atoms with Gasteiger partial charge in [-0.1, -0.05) is 12.8 Å². The average molecular weight is 306 g/mol. The number of hydrogen-bond donors (Lipinski definition) is 1. The van der Waals surface area contributed by atoms with Gasteiger partial charge in [0.25, 0.3) is 0 Å². The summed E-state index contributed by atoms with van der Waals surface area (Å²) in [4.78, 5) is 14.5. The Kier molecular flexibility index (Phi) is 4.12. The zero-order valence-corrected chi connectivity index (χ0v) is 13.8. The second-order valence-electron chi connectivity index (χ2n) is 6.67. The molecule has 22 heavy (non-hydrogen) atoms. The van der Waals surface area contributed by atoms with Gasteiger partial charge >= 0.3 is 6.03 Å². The second-order valence-corrected chi connectivity index (χ2v) is 6.67. The van der Waals surface area contributed by atoms with Gasteiger partial charge in [-0.25, -0.2) is 4.79 Å². The van der Waals surface area contributed by atoms with Crippen LogP contribution in [0.2, 0.25) is 0 Å². The topological polar surface area (TPSA) is 59.4 Å². The zero-order chi connectivity index (χ0) is 15.7. The number of nitrogens with zero attached hydrogens (tertiary/aromatic N) is 3. The van der Waals surface area contributed by atoms with Crippen LogP contribution in [0.15, 0.2) is 6.20 Å². The van der Waals surface area contributed by atoms with Gasteiger partial charge in [0.2, 0.25) is 0 Å². The number of carbonyl (C=O) groups excluding carboxylic acids is 1. The molecule has 2 amide bonds. The smallest absolute Gasteiger partial charge is 0.318 e. The maximum absolute atomic E-state index is 12.6. The largest absolute Gasteiger partial charge is 0.371 e. The first-order valence-electron chi connectivity index (χ1n) is 8.19. The highest BCUT2D eigenvalue weighted by atomic mass is 16.5. The number of nitrogens with one attached hydrogen (secondary N) is 1. The molecule has 122 valence electrons. The number of amides is 2. The molecule has 1 aliphatic carbocycles. The number of rotatable bonds is 2. The van der Waals surface area contributed by atoms with Gasteiger partial charge in [-0.2, -0.15) is 5.10 Å². The normalized spacial score (nSPS) is 22.0. The number of hydrogen-bond acceptors (Lipinski definition) is 3. The lowest BCUT2D eigenvalue weighted by Gasteiger charge is -2.40. The van der Waals surface area contributed by atoms with Gasteiger partial charge in [-0.05, 0) is 26.7 Å². The van der Waals surface area contributed by atoms with Gasteiger partial charge < -0.3 is 15.0 Å². The standard InChI is InChI=1S/C16H26N4O2/c1-12(14-10-19(3)18-13(14)2)17-15(21)20-8-9-22-16(11-20)6-4-5-7-16/h10,12H,4-9,11H2,1-3H3,(H,17,21). The quantitative estimate of drug-likeness (QED) is 0.910. The van der Waals surface area contributed by atoms with E-state index in [-0.39, 0.29) is 17.7 Å². The van der Waals surface area contributed by atoms with E-state index in [1.165, 1.54) is 12.8 Å². The van der Waals surface area contributed by atoms with Gasteiger partial charge in [0.05, 0.1) is 30.5 Å². The van der Waals surface area contributed by atoms with Crippen LogP contribution < -0.4 is 5.32 Å². The Bertz CT molecular complexity index is 548. The molecule has 6 heteroatoms. The lowest BCUT2D eigenvalue weighted by molar-refractivity contribution is -0.0927. The summed E-state index contributed by atoms with van der Waals surface area (Å²) in [6.07, 6.45) is 6.54. The van der Waals surface area contributed by atoms with Crippen LogP contribution in [0.3, 0.4) is 0 Å². The maximum atomic E-state index is 12.6.